The van der Waals surface area contributed by atoms with Crippen LogP contribution in [0.1, 0.15) is 23.6 Å². The Morgan fingerprint density at radius 2 is 1.67 bits per heavy atom. The monoisotopic (exact) mass is 304 g/mol. The van der Waals surface area contributed by atoms with Gasteiger partial charge in [0.25, 0.3) is 0 Å². The van der Waals surface area contributed by atoms with E-state index in [1.165, 1.54) is 16.7 Å². The van der Waals surface area contributed by atoms with E-state index >= 15 is 0 Å². The number of ether oxygens (including phenoxy) is 1. The van der Waals surface area contributed by atoms with Crippen molar-refractivity contribution < 1.29 is 4.74 Å². The van der Waals surface area contributed by atoms with Crippen molar-refractivity contribution in [2.45, 2.75) is 25.6 Å². The molecule has 94 valence electrons. The topological polar surface area (TPSA) is 9.23 Å². The highest BCUT2D eigenvalue weighted by Gasteiger charge is 2.01. The van der Waals surface area contributed by atoms with Crippen LogP contribution in [-0.4, -0.2) is 0 Å². The highest BCUT2D eigenvalue weighted by molar-refractivity contribution is 9.08. The van der Waals surface area contributed by atoms with E-state index in [0.717, 1.165) is 23.2 Å². The zero-order valence-corrected chi connectivity index (χ0v) is 12.3. The van der Waals surface area contributed by atoms with Gasteiger partial charge in [0.05, 0.1) is 0 Å². The summed E-state index contributed by atoms with van der Waals surface area (Å²) in [6.45, 7) is 4.25. The second kappa shape index (κ2) is 6.05. The molecule has 2 heteroatoms. The Bertz CT molecular complexity index is 517. The van der Waals surface area contributed by atoms with Crippen LogP contribution in [0.3, 0.4) is 0 Å². The zero-order valence-electron chi connectivity index (χ0n) is 10.7. The molecule has 0 atom stereocenters. The fraction of sp³-hybridized carbons (Fsp3) is 0.250. The summed E-state index contributed by atoms with van der Waals surface area (Å²) < 4.78 is 5.84. The van der Waals surface area contributed by atoms with Crippen LogP contribution in [0.15, 0.2) is 42.5 Å². The molecule has 0 aliphatic carbocycles. The lowest BCUT2D eigenvalue weighted by Gasteiger charge is -2.09. The third kappa shape index (κ3) is 3.14. The summed E-state index contributed by atoms with van der Waals surface area (Å²) in [4.78, 5) is 0. The molecular weight excluding hydrogens is 288 g/mol. The fourth-order valence-electron chi connectivity index (χ4n) is 1.81. The predicted octanol–water partition coefficient (Wildman–Crippen LogP) is 5.24. The molecule has 1 nitrogen and oxygen atoms in total. The Morgan fingerprint density at radius 1 is 1.00 bits per heavy atom. The molecule has 2 aromatic rings. The second-order valence-electron chi connectivity index (χ2n) is 4.32. The molecule has 2 aromatic carbocycles. The Labute approximate surface area is 117 Å². The summed E-state index contributed by atoms with van der Waals surface area (Å²) in [6.07, 6.45) is 1.05. The number of hydrogen-bond donors (Lipinski definition) is 0. The van der Waals surface area contributed by atoms with E-state index in [0.29, 0.717) is 0 Å². The predicted molar refractivity (Wildman–Crippen MR) is 79.7 cm³/mol. The molecule has 0 unspecified atom stereocenters. The quantitative estimate of drug-likeness (QED) is 0.701. The molecule has 0 amide bonds. The van der Waals surface area contributed by atoms with Gasteiger partial charge in [-0.05, 0) is 54.3 Å². The van der Waals surface area contributed by atoms with Gasteiger partial charge in [0.15, 0.2) is 0 Å². The maximum absolute atomic E-state index is 5.84. The number of rotatable bonds is 4. The first-order chi connectivity index (χ1) is 8.72. The van der Waals surface area contributed by atoms with Crippen molar-refractivity contribution >= 4 is 15.9 Å². The Morgan fingerprint density at radius 3 is 2.22 bits per heavy atom. The highest BCUT2D eigenvalue weighted by atomic mass is 79.9. The van der Waals surface area contributed by atoms with E-state index in [1.54, 1.807) is 0 Å². The van der Waals surface area contributed by atoms with Gasteiger partial charge in [-0.1, -0.05) is 41.1 Å². The average molecular weight is 305 g/mol. The van der Waals surface area contributed by atoms with Crippen molar-refractivity contribution in [3.8, 4) is 11.5 Å². The Hall–Kier alpha value is -1.28. The number of aryl methyl sites for hydroxylation is 2. The van der Waals surface area contributed by atoms with Gasteiger partial charge in [0.1, 0.15) is 11.5 Å². The van der Waals surface area contributed by atoms with Crippen molar-refractivity contribution in [2.24, 2.45) is 0 Å². The van der Waals surface area contributed by atoms with Crippen LogP contribution in [-0.2, 0) is 11.8 Å². The van der Waals surface area contributed by atoms with Gasteiger partial charge >= 0.3 is 0 Å². The van der Waals surface area contributed by atoms with E-state index in [1.807, 2.05) is 18.2 Å². The van der Waals surface area contributed by atoms with Crippen LogP contribution in [0.5, 0.6) is 11.5 Å². The van der Waals surface area contributed by atoms with E-state index in [-0.39, 0.29) is 0 Å². The van der Waals surface area contributed by atoms with Crippen molar-refractivity contribution in [3.63, 3.8) is 0 Å². The normalized spacial score (nSPS) is 10.4. The molecule has 0 radical (unpaired) electrons. The largest absolute Gasteiger partial charge is 0.457 e. The summed E-state index contributed by atoms with van der Waals surface area (Å²) >= 11 is 3.47. The molecule has 0 bridgehead atoms. The molecule has 0 N–H and O–H groups in total. The standard InChI is InChI=1S/C16H17BrO/c1-3-13-4-7-15(8-5-13)18-16-9-6-14(11-17)12(2)10-16/h4-10H,3,11H2,1-2H3. The second-order valence-corrected chi connectivity index (χ2v) is 4.88. The smallest absolute Gasteiger partial charge is 0.127 e. The number of alkyl halides is 1. The molecule has 0 aliphatic rings. The molecule has 0 aliphatic heterocycles. The minimum Gasteiger partial charge on any atom is -0.457 e. The van der Waals surface area contributed by atoms with Gasteiger partial charge < -0.3 is 4.74 Å². The lowest BCUT2D eigenvalue weighted by atomic mass is 10.1. The first kappa shape index (κ1) is 13.2. The first-order valence-corrected chi connectivity index (χ1v) is 7.27. The summed E-state index contributed by atoms with van der Waals surface area (Å²) in [6, 6.07) is 14.4. The molecular formula is C16H17BrO. The molecule has 0 heterocycles. The molecule has 0 saturated heterocycles. The van der Waals surface area contributed by atoms with Crippen molar-refractivity contribution in [3.05, 3.63) is 59.2 Å². The maximum Gasteiger partial charge on any atom is 0.127 e. The van der Waals surface area contributed by atoms with Gasteiger partial charge in [-0.15, -0.1) is 0 Å². The zero-order chi connectivity index (χ0) is 13.0. The SMILES string of the molecule is CCc1ccc(Oc2ccc(CBr)c(C)c2)cc1. The van der Waals surface area contributed by atoms with Crippen LogP contribution in [0.4, 0.5) is 0 Å². The van der Waals surface area contributed by atoms with Crippen LogP contribution in [0, 0.1) is 6.92 Å². The lowest BCUT2D eigenvalue weighted by molar-refractivity contribution is 0.482. The number of hydrogen-bond acceptors (Lipinski definition) is 1. The average Bonchev–Trinajstić information content (AvgIpc) is 2.40. The van der Waals surface area contributed by atoms with Gasteiger partial charge in [0.2, 0.25) is 0 Å². The molecule has 0 spiro atoms. The van der Waals surface area contributed by atoms with Gasteiger partial charge in [-0.2, -0.15) is 0 Å². The van der Waals surface area contributed by atoms with Crippen LogP contribution < -0.4 is 4.74 Å². The lowest BCUT2D eigenvalue weighted by Crippen LogP contribution is -1.89. The summed E-state index contributed by atoms with van der Waals surface area (Å²) in [7, 11) is 0. The van der Waals surface area contributed by atoms with Gasteiger partial charge in [0, 0.05) is 5.33 Å². The molecule has 2 rings (SSSR count). The minimum atomic E-state index is 0.879. The van der Waals surface area contributed by atoms with Gasteiger partial charge in [-0.3, -0.25) is 0 Å². The first-order valence-electron chi connectivity index (χ1n) is 6.15. The highest BCUT2D eigenvalue weighted by Crippen LogP contribution is 2.25. The summed E-state index contributed by atoms with van der Waals surface area (Å²) in [5.74, 6) is 1.78. The Balaban J connectivity index is 2.15. The molecule has 0 saturated carbocycles. The summed E-state index contributed by atoms with van der Waals surface area (Å²) in [5.41, 5.74) is 3.87. The third-order valence-corrected chi connectivity index (χ3v) is 3.63. The van der Waals surface area contributed by atoms with Crippen LogP contribution in [0.25, 0.3) is 0 Å². The minimum absolute atomic E-state index is 0.879. The summed E-state index contributed by atoms with van der Waals surface area (Å²) in [5, 5.41) is 0.879. The van der Waals surface area contributed by atoms with Crippen molar-refractivity contribution in [1.82, 2.24) is 0 Å². The fourth-order valence-corrected chi connectivity index (χ4v) is 2.44. The van der Waals surface area contributed by atoms with Crippen LogP contribution in [0.2, 0.25) is 0 Å². The van der Waals surface area contributed by atoms with Crippen molar-refractivity contribution in [2.75, 3.05) is 0 Å². The maximum atomic E-state index is 5.84. The van der Waals surface area contributed by atoms with E-state index in [2.05, 4.69) is 54.0 Å². The number of benzene rings is 2. The Kier molecular flexibility index (Phi) is 4.43. The van der Waals surface area contributed by atoms with E-state index < -0.39 is 0 Å². The van der Waals surface area contributed by atoms with Crippen LogP contribution >= 0.6 is 15.9 Å². The molecule has 0 aromatic heterocycles. The third-order valence-electron chi connectivity index (χ3n) is 3.03. The molecule has 18 heavy (non-hydrogen) atoms. The van der Waals surface area contributed by atoms with Crippen molar-refractivity contribution in [1.29, 1.82) is 0 Å². The van der Waals surface area contributed by atoms with Gasteiger partial charge in [-0.25, -0.2) is 0 Å². The number of halogens is 1. The molecule has 0 fully saturated rings. The van der Waals surface area contributed by atoms with E-state index in [9.17, 15) is 0 Å². The van der Waals surface area contributed by atoms with E-state index in [4.69, 9.17) is 4.74 Å².